The molecule has 10 aromatic rings. The summed E-state index contributed by atoms with van der Waals surface area (Å²) in [5.74, 6) is 1.46. The first-order valence-electron chi connectivity index (χ1n) is 21.9. The van der Waals surface area contributed by atoms with E-state index in [4.69, 9.17) is 15.1 Å². The van der Waals surface area contributed by atoms with Crippen LogP contribution in [0.2, 0.25) is 0 Å². The molecule has 8 aromatic carbocycles. The summed E-state index contributed by atoms with van der Waals surface area (Å²) in [7, 11) is 0. The Bertz CT molecular complexity index is 3430. The minimum atomic E-state index is 0.532. The number of hydrogen-bond acceptors (Lipinski definition) is 2. The Balaban J connectivity index is 1.04. The molecule has 1 aliphatic rings. The molecule has 1 aliphatic heterocycles. The maximum Gasteiger partial charge on any atom is 0.334 e. The van der Waals surface area contributed by atoms with E-state index in [1.54, 1.807) is 0 Å². The van der Waals surface area contributed by atoms with Crippen LogP contribution >= 0.6 is 0 Å². The lowest BCUT2D eigenvalue weighted by molar-refractivity contribution is -0.737. The fourth-order valence-electron chi connectivity index (χ4n) is 8.75. The van der Waals surface area contributed by atoms with Gasteiger partial charge >= 0.3 is 11.5 Å². The van der Waals surface area contributed by atoms with Crippen LogP contribution in [0, 0.1) is 0 Å². The van der Waals surface area contributed by atoms with Gasteiger partial charge in [0.25, 0.3) is 6.21 Å². The van der Waals surface area contributed by atoms with Gasteiger partial charge in [-0.3, -0.25) is 0 Å². The summed E-state index contributed by atoms with van der Waals surface area (Å²) in [6.45, 7) is 0.532. The van der Waals surface area contributed by atoms with Crippen LogP contribution in [0.4, 0.5) is 0 Å². The molecule has 11 rings (SSSR count). The summed E-state index contributed by atoms with van der Waals surface area (Å²) in [6, 6.07) is 78.7. The summed E-state index contributed by atoms with van der Waals surface area (Å²) >= 11 is 0. The Morgan fingerprint density at radius 3 is 1.62 bits per heavy atom. The van der Waals surface area contributed by atoms with Gasteiger partial charge in [-0.25, -0.2) is 14.8 Å². The van der Waals surface area contributed by atoms with Crippen LogP contribution in [0.5, 0.6) is 0 Å². The Morgan fingerprint density at radius 1 is 0.385 bits per heavy atom. The van der Waals surface area contributed by atoms with Gasteiger partial charge in [-0.2, -0.15) is 0 Å². The van der Waals surface area contributed by atoms with Crippen LogP contribution in [0.15, 0.2) is 237 Å². The average molecular weight is 833 g/mol. The zero-order valence-electron chi connectivity index (χ0n) is 35.5. The molecule has 306 valence electrons. The standard InChI is InChI=1S/C60H42N5/c1-4-19-42(20-5-1)51-30-11-10-25-49(51)41-65-60(63-59(64-65)55-34-15-13-31-52(55)43-21-6-2-7-22-43)48-29-17-27-46(38-48)53-32-12-14-33-54(53)58-40-50(39-57(62-58)44-23-8-3-9-24-44)45-26-16-28-47(37-45)56-35-18-36-61-56/h1-40H,41H2/q+1. The van der Waals surface area contributed by atoms with Crippen LogP contribution in [-0.4, -0.2) is 21.9 Å². The van der Waals surface area contributed by atoms with E-state index in [-0.39, 0.29) is 0 Å². The van der Waals surface area contributed by atoms with E-state index in [0.717, 1.165) is 95.2 Å². The first kappa shape index (κ1) is 39.1. The molecule has 0 saturated carbocycles. The van der Waals surface area contributed by atoms with Gasteiger partial charge in [0.2, 0.25) is 5.82 Å². The van der Waals surface area contributed by atoms with Gasteiger partial charge in [0.05, 0.1) is 22.5 Å². The van der Waals surface area contributed by atoms with Gasteiger partial charge in [-0.15, -0.1) is 0 Å². The number of rotatable bonds is 11. The summed E-state index contributed by atoms with van der Waals surface area (Å²) < 4.78 is 6.65. The highest BCUT2D eigenvalue weighted by molar-refractivity contribution is 6.13. The lowest BCUT2D eigenvalue weighted by atomic mass is 9.93. The summed E-state index contributed by atoms with van der Waals surface area (Å²) in [4.78, 5) is 10.8. The second kappa shape index (κ2) is 17.5. The van der Waals surface area contributed by atoms with Crippen molar-refractivity contribution in [3.05, 3.63) is 248 Å². The molecule has 0 amide bonds. The Morgan fingerprint density at radius 2 is 0.908 bits per heavy atom. The van der Waals surface area contributed by atoms with Crippen molar-refractivity contribution in [1.82, 2.24) is 19.7 Å². The van der Waals surface area contributed by atoms with Crippen molar-refractivity contribution in [2.75, 3.05) is 0 Å². The second-order valence-corrected chi connectivity index (χ2v) is 16.1. The number of pyridine rings is 1. The van der Waals surface area contributed by atoms with Crippen molar-refractivity contribution in [3.8, 4) is 89.8 Å². The maximum atomic E-state index is 5.40. The first-order chi connectivity index (χ1) is 32.2. The molecule has 5 heteroatoms. The third-order valence-corrected chi connectivity index (χ3v) is 11.9. The molecule has 0 saturated heterocycles. The number of benzene rings is 8. The van der Waals surface area contributed by atoms with Gasteiger partial charge in [0.15, 0.2) is 0 Å². The van der Waals surface area contributed by atoms with Crippen molar-refractivity contribution in [3.63, 3.8) is 0 Å². The molecule has 0 spiro atoms. The molecule has 0 aliphatic carbocycles. The quantitative estimate of drug-likeness (QED) is 0.0963. The SMILES string of the molecule is C1=CC(c2cccc(-c3cc(-c4ccccc4)nc(-c4ccccc4-c4cccc(-c5nc(-c6ccccc6-c6ccccc6)[n-][n+]5Cc5ccccc5-c5ccccc5)c4)c3)c2)=[N+]=C1. The molecule has 0 atom stereocenters. The van der Waals surface area contributed by atoms with E-state index < -0.39 is 0 Å². The molecule has 2 aromatic heterocycles. The molecule has 0 bridgehead atoms. The monoisotopic (exact) mass is 832 g/mol. The van der Waals surface area contributed by atoms with Gasteiger partial charge < -0.3 is 0 Å². The Hall–Kier alpha value is -8.76. The molecule has 3 heterocycles. The Kier molecular flexibility index (Phi) is 10.6. The van der Waals surface area contributed by atoms with Gasteiger partial charge in [-0.1, -0.05) is 193 Å². The molecule has 0 radical (unpaired) electrons. The topological polar surface area (TPSA) is 57.9 Å². The predicted octanol–water partition coefficient (Wildman–Crippen LogP) is 12.6. The number of allylic oxidation sites excluding steroid dienone is 2. The highest BCUT2D eigenvalue weighted by Gasteiger charge is 2.24. The number of nitrogens with zero attached hydrogens (tertiary/aromatic N) is 5. The number of hydrogen-bond donors (Lipinski definition) is 0. The molecule has 0 N–H and O–H groups in total. The molecular formula is C60H42N5+. The largest absolute Gasteiger partial charge is 0.334 e. The minimum absolute atomic E-state index is 0.532. The average Bonchev–Trinajstić information content (AvgIpc) is 4.09. The van der Waals surface area contributed by atoms with E-state index in [1.165, 1.54) is 5.56 Å². The van der Waals surface area contributed by atoms with E-state index in [9.17, 15) is 0 Å². The zero-order valence-corrected chi connectivity index (χ0v) is 35.5. The van der Waals surface area contributed by atoms with Crippen molar-refractivity contribution in [2.24, 2.45) is 0 Å². The van der Waals surface area contributed by atoms with Crippen molar-refractivity contribution >= 4 is 11.9 Å². The third-order valence-electron chi connectivity index (χ3n) is 11.9. The summed E-state index contributed by atoms with van der Waals surface area (Å²) in [5.41, 5.74) is 17.9. The third kappa shape index (κ3) is 8.08. The molecule has 0 fully saturated rings. The van der Waals surface area contributed by atoms with Crippen LogP contribution in [0.25, 0.3) is 89.8 Å². The van der Waals surface area contributed by atoms with Crippen LogP contribution in [0.3, 0.4) is 0 Å². The highest BCUT2D eigenvalue weighted by Crippen LogP contribution is 2.38. The van der Waals surface area contributed by atoms with Gasteiger partial charge in [-0.05, 0) is 85.9 Å². The lowest BCUT2D eigenvalue weighted by Crippen LogP contribution is -2.40. The number of aromatic nitrogens is 4. The fourth-order valence-corrected chi connectivity index (χ4v) is 8.75. The normalized spacial score (nSPS) is 11.8. The zero-order chi connectivity index (χ0) is 43.4. The van der Waals surface area contributed by atoms with Gasteiger partial charge in [0, 0.05) is 34.4 Å². The smallest absolute Gasteiger partial charge is 0.248 e. The van der Waals surface area contributed by atoms with Crippen LogP contribution in [0.1, 0.15) is 11.1 Å². The van der Waals surface area contributed by atoms with Crippen molar-refractivity contribution < 1.29 is 4.68 Å². The fraction of sp³-hybridized carbons (Fsp3) is 0.0167. The maximum absolute atomic E-state index is 5.40. The molecule has 65 heavy (non-hydrogen) atoms. The summed E-state index contributed by atoms with van der Waals surface area (Å²) in [6.07, 6.45) is 5.86. The summed E-state index contributed by atoms with van der Waals surface area (Å²) in [5, 5.41) is 5.33. The minimum Gasteiger partial charge on any atom is -0.248 e. The molecule has 0 unspecified atom stereocenters. The van der Waals surface area contributed by atoms with Crippen LogP contribution in [-0.2, 0) is 6.54 Å². The molecule has 5 nitrogen and oxygen atoms in total. The lowest BCUT2D eigenvalue weighted by Gasteiger charge is -2.14. The highest BCUT2D eigenvalue weighted by atomic mass is 15.3. The second-order valence-electron chi connectivity index (χ2n) is 16.1. The van der Waals surface area contributed by atoms with E-state index in [0.29, 0.717) is 12.4 Å². The van der Waals surface area contributed by atoms with Crippen LogP contribution < -0.4 is 14.4 Å². The van der Waals surface area contributed by atoms with E-state index in [1.807, 2.05) is 30.5 Å². The van der Waals surface area contributed by atoms with Crippen molar-refractivity contribution in [2.45, 2.75) is 6.54 Å². The first-order valence-corrected chi connectivity index (χ1v) is 21.9. The van der Waals surface area contributed by atoms with E-state index >= 15 is 0 Å². The van der Waals surface area contributed by atoms with Crippen molar-refractivity contribution in [1.29, 1.82) is 0 Å². The Labute approximate surface area is 378 Å². The van der Waals surface area contributed by atoms with Gasteiger partial charge in [0.1, 0.15) is 6.54 Å². The molecular weight excluding hydrogens is 791 g/mol. The van der Waals surface area contributed by atoms with E-state index in [2.05, 4.69) is 222 Å². The predicted molar refractivity (Wildman–Crippen MR) is 266 cm³/mol.